The highest BCUT2D eigenvalue weighted by Crippen LogP contribution is 2.56. The molecule has 0 radical (unpaired) electrons. The summed E-state index contributed by atoms with van der Waals surface area (Å²) < 4.78 is 13.8. The van der Waals surface area contributed by atoms with Crippen LogP contribution in [0, 0.1) is 34.5 Å². The second-order valence-corrected chi connectivity index (χ2v) is 19.7. The van der Waals surface area contributed by atoms with Crippen molar-refractivity contribution >= 4 is 6.03 Å². The van der Waals surface area contributed by atoms with Gasteiger partial charge in [-0.1, -0.05) is 100 Å². The molecular weight excluding hydrogens is 671 g/mol. The third-order valence-electron chi connectivity index (χ3n) is 14.4. The molecule has 6 bridgehead atoms. The number of aliphatic hydroxyl groups excluding tert-OH is 1. The lowest BCUT2D eigenvalue weighted by molar-refractivity contribution is -0.276. The van der Waals surface area contributed by atoms with Crippen molar-refractivity contribution in [2.75, 3.05) is 13.1 Å². The first kappa shape index (κ1) is 36.4. The number of urea groups is 1. The Kier molecular flexibility index (Phi) is 9.48. The summed E-state index contributed by atoms with van der Waals surface area (Å²) in [6.07, 6.45) is 10.7. The van der Waals surface area contributed by atoms with E-state index in [0.717, 1.165) is 83.5 Å². The van der Waals surface area contributed by atoms with E-state index in [9.17, 15) is 9.90 Å². The van der Waals surface area contributed by atoms with Gasteiger partial charge in [0.2, 0.25) is 0 Å². The molecule has 3 aromatic carbocycles. The number of fused-ring (bicyclic) bond motifs is 2. The molecule has 7 fully saturated rings. The first-order chi connectivity index (χ1) is 25.9. The largest absolute Gasteiger partial charge is 0.392 e. The fourth-order valence-corrected chi connectivity index (χ4v) is 12.8. The number of aliphatic hydroxyl groups is 1. The zero-order valence-electron chi connectivity index (χ0n) is 32.9. The van der Waals surface area contributed by atoms with E-state index in [0.29, 0.717) is 23.4 Å². The molecule has 2 unspecified atom stereocenters. The number of nitrogens with zero attached hydrogens (tertiary/aromatic N) is 1. The van der Waals surface area contributed by atoms with Crippen LogP contribution in [-0.2, 0) is 22.6 Å². The monoisotopic (exact) mass is 731 g/mol. The topological polar surface area (TPSA) is 83.1 Å². The molecule has 288 valence electrons. The fraction of sp³-hybridized carbons (Fsp3) is 0.596. The van der Waals surface area contributed by atoms with Crippen LogP contribution in [0.25, 0.3) is 11.1 Å². The zero-order valence-corrected chi connectivity index (χ0v) is 32.9. The molecule has 5 aliphatic carbocycles. The lowest BCUT2D eigenvalue weighted by Gasteiger charge is -2.56. The minimum absolute atomic E-state index is 0.00137. The highest BCUT2D eigenvalue weighted by Gasteiger charge is 2.52. The molecule has 2 amide bonds. The second-order valence-electron chi connectivity index (χ2n) is 19.7. The van der Waals surface area contributed by atoms with E-state index < -0.39 is 6.29 Å². The van der Waals surface area contributed by atoms with Gasteiger partial charge in [0.05, 0.1) is 18.8 Å². The third kappa shape index (κ3) is 7.26. The predicted molar refractivity (Wildman–Crippen MR) is 212 cm³/mol. The Labute approximate surface area is 322 Å². The number of hydrogen-bond acceptors (Lipinski definition) is 5. The van der Waals surface area contributed by atoms with E-state index in [1.807, 2.05) is 12.1 Å². The maximum absolute atomic E-state index is 13.3. The van der Waals surface area contributed by atoms with E-state index in [1.165, 1.54) is 38.5 Å². The van der Waals surface area contributed by atoms with Gasteiger partial charge in [-0.15, -0.1) is 0 Å². The van der Waals surface area contributed by atoms with Crippen LogP contribution >= 0.6 is 0 Å². The maximum Gasteiger partial charge on any atom is 0.315 e. The van der Waals surface area contributed by atoms with Gasteiger partial charge in [-0.25, -0.2) is 4.79 Å². The van der Waals surface area contributed by atoms with Crippen molar-refractivity contribution in [3.8, 4) is 11.1 Å². The summed E-state index contributed by atoms with van der Waals surface area (Å²) in [4.78, 5) is 16.0. The number of carbonyl (C=O) groups is 1. The number of hydrogen-bond donors (Lipinski definition) is 3. The Balaban J connectivity index is 0.908. The molecule has 2 aliphatic heterocycles. The van der Waals surface area contributed by atoms with Crippen molar-refractivity contribution in [1.29, 1.82) is 0 Å². The van der Waals surface area contributed by atoms with Crippen LogP contribution in [0.2, 0.25) is 0 Å². The number of likely N-dealkylation sites (tertiary alicyclic amines) is 1. The summed E-state index contributed by atoms with van der Waals surface area (Å²) in [6, 6.07) is 25.8. The normalized spacial score (nSPS) is 36.6. The van der Waals surface area contributed by atoms with E-state index in [1.54, 1.807) is 0 Å². The van der Waals surface area contributed by atoms with Crippen LogP contribution < -0.4 is 10.6 Å². The molecule has 3 aromatic rings. The maximum atomic E-state index is 13.3. The lowest BCUT2D eigenvalue weighted by atomic mass is 9.53. The highest BCUT2D eigenvalue weighted by molar-refractivity contribution is 5.76. The highest BCUT2D eigenvalue weighted by atomic mass is 16.7. The third-order valence-corrected chi connectivity index (χ3v) is 14.4. The summed E-state index contributed by atoms with van der Waals surface area (Å²) in [5.41, 5.74) is 7.08. The summed E-state index contributed by atoms with van der Waals surface area (Å²) in [5, 5.41) is 16.4. The van der Waals surface area contributed by atoms with Crippen LogP contribution in [0.5, 0.6) is 0 Å². The Bertz CT molecular complexity index is 1790. The predicted octanol–water partition coefficient (Wildman–Crippen LogP) is 9.31. The number of carbonyl (C=O) groups excluding carboxylic acids is 1. The molecule has 7 aliphatic rings. The van der Waals surface area contributed by atoms with Gasteiger partial charge in [-0.05, 0) is 114 Å². The van der Waals surface area contributed by atoms with Crippen LogP contribution in [0.15, 0.2) is 72.8 Å². The quantitative estimate of drug-likeness (QED) is 0.204. The molecule has 10 rings (SSSR count). The van der Waals surface area contributed by atoms with Gasteiger partial charge in [0, 0.05) is 42.7 Å². The van der Waals surface area contributed by atoms with Gasteiger partial charge in [0.25, 0.3) is 0 Å². The molecule has 7 heteroatoms. The molecule has 0 spiro atoms. The molecular formula is C47H61N3O4. The number of amides is 2. The molecule has 6 atom stereocenters. The Morgan fingerprint density at radius 2 is 1.50 bits per heavy atom. The minimum Gasteiger partial charge on any atom is -0.392 e. The number of benzene rings is 3. The van der Waals surface area contributed by atoms with E-state index in [4.69, 9.17) is 9.47 Å². The van der Waals surface area contributed by atoms with Crippen LogP contribution in [-0.4, -0.2) is 46.8 Å². The van der Waals surface area contributed by atoms with Crippen LogP contribution in [0.1, 0.15) is 120 Å². The molecule has 0 aromatic heterocycles. The molecule has 7 nitrogen and oxygen atoms in total. The summed E-state index contributed by atoms with van der Waals surface area (Å²) in [5.74, 6) is 2.54. The number of ether oxygens (including phenoxy) is 2. The Morgan fingerprint density at radius 3 is 2.19 bits per heavy atom. The van der Waals surface area contributed by atoms with Crippen molar-refractivity contribution in [1.82, 2.24) is 15.5 Å². The fourth-order valence-electron chi connectivity index (χ4n) is 12.8. The van der Waals surface area contributed by atoms with Gasteiger partial charge in [-0.3, -0.25) is 4.90 Å². The van der Waals surface area contributed by atoms with Gasteiger partial charge >= 0.3 is 6.03 Å². The van der Waals surface area contributed by atoms with Crippen molar-refractivity contribution < 1.29 is 19.4 Å². The molecule has 3 N–H and O–H groups in total. The summed E-state index contributed by atoms with van der Waals surface area (Å²) in [7, 11) is 0. The van der Waals surface area contributed by atoms with Crippen LogP contribution in [0.3, 0.4) is 0 Å². The van der Waals surface area contributed by atoms with E-state index in [-0.39, 0.29) is 36.3 Å². The molecule has 2 saturated heterocycles. The van der Waals surface area contributed by atoms with Crippen molar-refractivity contribution in [2.24, 2.45) is 34.5 Å². The van der Waals surface area contributed by atoms with Gasteiger partial charge in [0.15, 0.2) is 6.29 Å². The Morgan fingerprint density at radius 1 is 0.833 bits per heavy atom. The van der Waals surface area contributed by atoms with E-state index >= 15 is 0 Å². The van der Waals surface area contributed by atoms with Crippen LogP contribution in [0.4, 0.5) is 4.79 Å². The first-order valence-corrected chi connectivity index (χ1v) is 20.9. The number of nitrogens with one attached hydrogen (secondary N) is 2. The smallest absolute Gasteiger partial charge is 0.315 e. The van der Waals surface area contributed by atoms with Crippen molar-refractivity contribution in [3.63, 3.8) is 0 Å². The molecule has 5 saturated carbocycles. The zero-order chi connectivity index (χ0) is 37.2. The van der Waals surface area contributed by atoms with Gasteiger partial charge in [0.1, 0.15) is 0 Å². The molecule has 2 heterocycles. The van der Waals surface area contributed by atoms with Gasteiger partial charge in [-0.2, -0.15) is 0 Å². The average molecular weight is 732 g/mol. The second kappa shape index (κ2) is 14.1. The minimum atomic E-state index is -0.498. The lowest BCUT2D eigenvalue weighted by Crippen LogP contribution is -2.61. The summed E-state index contributed by atoms with van der Waals surface area (Å²) >= 11 is 0. The SMILES string of the molecule is C[C@H]1[C@@H](CN2CC3(C)CC2CC(C)(C)C3)O[C@@H](c2ccc(-c3ccccc3CNC(=O)NC34CC5CC(CC(C5)C3)C4)cc2)O[C@H]1c1ccc(CO)cc1. The van der Waals surface area contributed by atoms with E-state index in [2.05, 4.69) is 104 Å². The number of rotatable bonds is 9. The molecule has 54 heavy (non-hydrogen) atoms. The van der Waals surface area contributed by atoms with Gasteiger partial charge < -0.3 is 25.2 Å². The average Bonchev–Trinajstić information content (AvgIpc) is 3.37. The standard InChI is InChI=1S/C47H61N3O4/c1-30-41(26-50-29-46(4)24-39(50)23-45(2,3)28-46)53-43(54-42(30)36-11-9-31(27-51)10-12-36)37-15-13-35(14-16-37)40-8-6-5-7-38(40)25-48-44(52)49-47-20-32-17-33(21-47)19-34(18-32)22-47/h5-16,30,32-34,39,41-43,51H,17-29H2,1-4H3,(H2,48,49,52)/t30-,32?,33?,34?,39?,41+,42+,43+,46?,47?/m0/s1. The first-order valence-electron chi connectivity index (χ1n) is 20.9. The summed E-state index contributed by atoms with van der Waals surface area (Å²) in [6.45, 7) is 12.2. The van der Waals surface area contributed by atoms with Crippen molar-refractivity contribution in [3.05, 3.63) is 95.1 Å². The van der Waals surface area contributed by atoms with Crippen molar-refractivity contribution in [2.45, 2.75) is 129 Å². The Hall–Kier alpha value is -3.23.